The summed E-state index contributed by atoms with van der Waals surface area (Å²) in [6, 6.07) is 9.13. The standard InChI is InChI=1S/C14H16O2/c1-14(10-6-3-7-11-14)16-13(15)12-8-4-2-5-9-12/h2,4-6,8-10H,3,7,11H2,1H3/t14-/m1/s1. The highest BCUT2D eigenvalue weighted by Crippen LogP contribution is 2.26. The zero-order valence-electron chi connectivity index (χ0n) is 9.48. The first-order valence-corrected chi connectivity index (χ1v) is 5.66. The summed E-state index contributed by atoms with van der Waals surface area (Å²) in [6.07, 6.45) is 7.15. The quantitative estimate of drug-likeness (QED) is 0.560. The van der Waals surface area contributed by atoms with Crippen molar-refractivity contribution in [2.75, 3.05) is 0 Å². The third-order valence-electron chi connectivity index (χ3n) is 2.85. The molecule has 0 unspecified atom stereocenters. The molecule has 0 saturated carbocycles. The minimum Gasteiger partial charge on any atom is -0.452 e. The van der Waals surface area contributed by atoms with Crippen LogP contribution in [0, 0.1) is 0 Å². The number of carbonyl (C=O) groups excluding carboxylic acids is 1. The number of hydrogen-bond donors (Lipinski definition) is 0. The number of ether oxygens (including phenoxy) is 1. The van der Waals surface area contributed by atoms with Crippen LogP contribution in [-0.4, -0.2) is 11.6 Å². The summed E-state index contributed by atoms with van der Waals surface area (Å²) in [5.41, 5.74) is 0.188. The second-order valence-corrected chi connectivity index (χ2v) is 4.36. The van der Waals surface area contributed by atoms with Crippen molar-refractivity contribution in [3.05, 3.63) is 48.0 Å². The van der Waals surface area contributed by atoms with E-state index in [4.69, 9.17) is 4.74 Å². The van der Waals surface area contributed by atoms with Gasteiger partial charge in [-0.2, -0.15) is 0 Å². The average Bonchev–Trinajstić information content (AvgIpc) is 2.30. The molecule has 2 heteroatoms. The Morgan fingerprint density at radius 3 is 2.69 bits per heavy atom. The highest BCUT2D eigenvalue weighted by molar-refractivity contribution is 5.89. The molecule has 0 N–H and O–H groups in total. The molecule has 0 saturated heterocycles. The maximum atomic E-state index is 11.9. The van der Waals surface area contributed by atoms with E-state index < -0.39 is 5.60 Å². The number of rotatable bonds is 2. The first-order valence-electron chi connectivity index (χ1n) is 5.66. The van der Waals surface area contributed by atoms with E-state index in [0.717, 1.165) is 19.3 Å². The molecule has 84 valence electrons. The van der Waals surface area contributed by atoms with Crippen LogP contribution in [0.2, 0.25) is 0 Å². The smallest absolute Gasteiger partial charge is 0.338 e. The molecule has 0 spiro atoms. The fraction of sp³-hybridized carbons (Fsp3) is 0.357. The predicted molar refractivity (Wildman–Crippen MR) is 63.3 cm³/mol. The Balaban J connectivity index is 2.08. The Labute approximate surface area is 95.9 Å². The van der Waals surface area contributed by atoms with Crippen molar-refractivity contribution in [1.29, 1.82) is 0 Å². The lowest BCUT2D eigenvalue weighted by atomic mass is 9.93. The van der Waals surface area contributed by atoms with Gasteiger partial charge in [0.05, 0.1) is 5.56 Å². The molecule has 0 aliphatic heterocycles. The molecule has 1 aliphatic rings. The van der Waals surface area contributed by atoms with Crippen molar-refractivity contribution in [3.8, 4) is 0 Å². The SMILES string of the molecule is C[C@@]1(OC(=O)c2ccccc2)C=CCCC1. The maximum Gasteiger partial charge on any atom is 0.338 e. The van der Waals surface area contributed by atoms with Crippen molar-refractivity contribution in [2.45, 2.75) is 31.8 Å². The molecule has 0 bridgehead atoms. The number of hydrogen-bond acceptors (Lipinski definition) is 2. The number of esters is 1. The van der Waals surface area contributed by atoms with Crippen LogP contribution in [-0.2, 0) is 4.74 Å². The second kappa shape index (κ2) is 4.52. The number of allylic oxidation sites excluding steroid dienone is 1. The minimum atomic E-state index is -0.425. The fourth-order valence-electron chi connectivity index (χ4n) is 1.92. The van der Waals surface area contributed by atoms with Gasteiger partial charge in [-0.3, -0.25) is 0 Å². The Morgan fingerprint density at radius 1 is 1.31 bits per heavy atom. The van der Waals surface area contributed by atoms with Crippen LogP contribution in [0.25, 0.3) is 0 Å². The molecule has 2 rings (SSSR count). The molecule has 0 fully saturated rings. The zero-order chi connectivity index (χ0) is 11.4. The van der Waals surface area contributed by atoms with Crippen molar-refractivity contribution >= 4 is 5.97 Å². The highest BCUT2D eigenvalue weighted by Gasteiger charge is 2.27. The third kappa shape index (κ3) is 2.51. The topological polar surface area (TPSA) is 26.3 Å². The van der Waals surface area contributed by atoms with Gasteiger partial charge in [-0.15, -0.1) is 0 Å². The van der Waals surface area contributed by atoms with Gasteiger partial charge in [-0.25, -0.2) is 4.79 Å². The molecule has 0 aromatic heterocycles. The van der Waals surface area contributed by atoms with E-state index in [2.05, 4.69) is 6.08 Å². The van der Waals surface area contributed by atoms with E-state index in [9.17, 15) is 4.79 Å². The van der Waals surface area contributed by atoms with Gasteiger partial charge in [0.25, 0.3) is 0 Å². The van der Waals surface area contributed by atoms with Gasteiger partial charge in [0, 0.05) is 0 Å². The minimum absolute atomic E-state index is 0.241. The lowest BCUT2D eigenvalue weighted by Crippen LogP contribution is -2.30. The molecule has 1 atom stereocenters. The summed E-state index contributed by atoms with van der Waals surface area (Å²) in [4.78, 5) is 11.9. The van der Waals surface area contributed by atoms with E-state index >= 15 is 0 Å². The van der Waals surface area contributed by atoms with E-state index in [1.165, 1.54) is 0 Å². The van der Waals surface area contributed by atoms with Gasteiger partial charge in [0.15, 0.2) is 0 Å². The monoisotopic (exact) mass is 216 g/mol. The zero-order valence-corrected chi connectivity index (χ0v) is 9.48. The largest absolute Gasteiger partial charge is 0.452 e. The molecule has 1 aliphatic carbocycles. The molecule has 0 heterocycles. The summed E-state index contributed by atoms with van der Waals surface area (Å²) >= 11 is 0. The molecule has 1 aromatic carbocycles. The van der Waals surface area contributed by atoms with Crippen molar-refractivity contribution in [2.24, 2.45) is 0 Å². The predicted octanol–water partition coefficient (Wildman–Crippen LogP) is 3.34. The summed E-state index contributed by atoms with van der Waals surface area (Å²) in [6.45, 7) is 1.96. The maximum absolute atomic E-state index is 11.9. The Morgan fingerprint density at radius 2 is 2.06 bits per heavy atom. The first-order chi connectivity index (χ1) is 7.70. The van der Waals surface area contributed by atoms with Crippen LogP contribution in [0.15, 0.2) is 42.5 Å². The van der Waals surface area contributed by atoms with Gasteiger partial charge in [0.2, 0.25) is 0 Å². The van der Waals surface area contributed by atoms with Crippen LogP contribution in [0.1, 0.15) is 36.5 Å². The Kier molecular flexibility index (Phi) is 3.09. The molecule has 0 radical (unpaired) electrons. The van der Waals surface area contributed by atoms with Crippen molar-refractivity contribution in [3.63, 3.8) is 0 Å². The first kappa shape index (κ1) is 10.9. The van der Waals surface area contributed by atoms with E-state index in [1.807, 2.05) is 31.2 Å². The van der Waals surface area contributed by atoms with Crippen LogP contribution >= 0.6 is 0 Å². The number of carbonyl (C=O) groups is 1. The Hall–Kier alpha value is -1.57. The molecule has 2 nitrogen and oxygen atoms in total. The Bertz CT molecular complexity index is 394. The summed E-state index contributed by atoms with van der Waals surface area (Å²) in [7, 11) is 0. The van der Waals surface area contributed by atoms with Crippen LogP contribution in [0.4, 0.5) is 0 Å². The normalized spacial score (nSPS) is 24.1. The van der Waals surface area contributed by atoms with Crippen LogP contribution in [0.5, 0.6) is 0 Å². The molecule has 1 aromatic rings. The van der Waals surface area contributed by atoms with Crippen molar-refractivity contribution < 1.29 is 9.53 Å². The second-order valence-electron chi connectivity index (χ2n) is 4.36. The molecule has 16 heavy (non-hydrogen) atoms. The van der Waals surface area contributed by atoms with Crippen molar-refractivity contribution in [1.82, 2.24) is 0 Å². The van der Waals surface area contributed by atoms with E-state index in [0.29, 0.717) is 5.56 Å². The fourth-order valence-corrected chi connectivity index (χ4v) is 1.92. The summed E-state index contributed by atoms with van der Waals surface area (Å²) in [5, 5.41) is 0. The lowest BCUT2D eigenvalue weighted by Gasteiger charge is -2.28. The van der Waals surface area contributed by atoms with Crippen LogP contribution in [0.3, 0.4) is 0 Å². The lowest BCUT2D eigenvalue weighted by molar-refractivity contribution is 0.00572. The van der Waals surface area contributed by atoms with E-state index in [-0.39, 0.29) is 5.97 Å². The average molecular weight is 216 g/mol. The summed E-state index contributed by atoms with van der Waals surface area (Å²) in [5.74, 6) is -0.241. The molecule has 0 amide bonds. The number of benzene rings is 1. The highest BCUT2D eigenvalue weighted by atomic mass is 16.6. The van der Waals surface area contributed by atoms with Gasteiger partial charge in [0.1, 0.15) is 5.60 Å². The molecular weight excluding hydrogens is 200 g/mol. The summed E-state index contributed by atoms with van der Waals surface area (Å²) < 4.78 is 5.54. The van der Waals surface area contributed by atoms with Crippen LogP contribution < -0.4 is 0 Å². The van der Waals surface area contributed by atoms with Gasteiger partial charge in [-0.05, 0) is 44.4 Å². The van der Waals surface area contributed by atoms with Gasteiger partial charge < -0.3 is 4.74 Å². The van der Waals surface area contributed by atoms with Gasteiger partial charge in [-0.1, -0.05) is 24.3 Å². The van der Waals surface area contributed by atoms with Gasteiger partial charge >= 0.3 is 5.97 Å². The third-order valence-corrected chi connectivity index (χ3v) is 2.85. The molecular formula is C14H16O2. The van der Waals surface area contributed by atoms with E-state index in [1.54, 1.807) is 12.1 Å².